The summed E-state index contributed by atoms with van der Waals surface area (Å²) in [5.41, 5.74) is 2.21. The van der Waals surface area contributed by atoms with Gasteiger partial charge in [0.1, 0.15) is 0 Å². The number of nitrogens with one attached hydrogen (secondary N) is 1. The van der Waals surface area contributed by atoms with E-state index >= 15 is 0 Å². The van der Waals surface area contributed by atoms with Gasteiger partial charge in [0.15, 0.2) is 11.5 Å². The molecule has 35 heavy (non-hydrogen) atoms. The zero-order valence-corrected chi connectivity index (χ0v) is 20.3. The van der Waals surface area contributed by atoms with Crippen molar-refractivity contribution in [3.63, 3.8) is 0 Å². The predicted molar refractivity (Wildman–Crippen MR) is 132 cm³/mol. The van der Waals surface area contributed by atoms with E-state index in [0.29, 0.717) is 20.6 Å². The Morgan fingerprint density at radius 1 is 1.11 bits per heavy atom. The van der Waals surface area contributed by atoms with E-state index in [0.717, 1.165) is 18.2 Å². The van der Waals surface area contributed by atoms with Gasteiger partial charge in [0.2, 0.25) is 5.75 Å². The second kappa shape index (κ2) is 11.4. The Bertz CT molecular complexity index is 1330. The minimum Gasteiger partial charge on any atom is -0.490 e. The monoisotopic (exact) mass is 562 g/mol. The molecule has 0 aliphatic rings. The van der Waals surface area contributed by atoms with E-state index in [1.165, 1.54) is 12.3 Å². The average molecular weight is 564 g/mol. The third-order valence-electron chi connectivity index (χ3n) is 4.36. The third-order valence-corrected chi connectivity index (χ3v) is 5.18. The van der Waals surface area contributed by atoms with Gasteiger partial charge in [-0.05, 0) is 64.8 Å². The Hall–Kier alpha value is -4.03. The summed E-state index contributed by atoms with van der Waals surface area (Å²) in [6.07, 6.45) is 1.37. The van der Waals surface area contributed by atoms with Gasteiger partial charge in [0, 0.05) is 16.7 Å². The minimum atomic E-state index is -0.778. The molecule has 0 unspecified atom stereocenters. The number of hydrogen-bond donors (Lipinski definition) is 1. The van der Waals surface area contributed by atoms with Gasteiger partial charge in [-0.1, -0.05) is 17.7 Å². The van der Waals surface area contributed by atoms with Crippen LogP contribution in [0.5, 0.6) is 17.2 Å². The molecule has 0 aliphatic heterocycles. The molecule has 1 N–H and O–H groups in total. The summed E-state index contributed by atoms with van der Waals surface area (Å²) >= 11 is 9.23. The van der Waals surface area contributed by atoms with Gasteiger partial charge in [0.25, 0.3) is 11.6 Å². The van der Waals surface area contributed by atoms with Crippen molar-refractivity contribution < 1.29 is 24.1 Å². The zero-order valence-electron chi connectivity index (χ0n) is 17.9. The number of amides is 1. The van der Waals surface area contributed by atoms with Crippen molar-refractivity contribution in [3.8, 4) is 17.2 Å². The van der Waals surface area contributed by atoms with Crippen molar-refractivity contribution in [2.24, 2.45) is 5.10 Å². The molecule has 1 amide bonds. The molecular weight excluding hydrogens is 548 g/mol. The maximum atomic E-state index is 12.2. The highest BCUT2D eigenvalue weighted by Crippen LogP contribution is 2.42. The Labute approximate surface area is 211 Å². The SMILES string of the molecule is CCOc1cc(/C=N\NC(=O)c2cccc(Cl)c2)cc(Br)c1Oc1ccc([N+](=O)[O-])cc1[N+](=O)[O-]. The van der Waals surface area contributed by atoms with Gasteiger partial charge in [0.05, 0.1) is 33.2 Å². The Morgan fingerprint density at radius 2 is 1.89 bits per heavy atom. The normalized spacial score (nSPS) is 10.7. The Balaban J connectivity index is 1.87. The molecule has 0 fully saturated rings. The summed E-state index contributed by atoms with van der Waals surface area (Å²) in [5, 5.41) is 26.7. The molecule has 0 bridgehead atoms. The van der Waals surface area contributed by atoms with Crippen LogP contribution in [-0.2, 0) is 0 Å². The van der Waals surface area contributed by atoms with Crippen molar-refractivity contribution in [1.29, 1.82) is 0 Å². The first-order chi connectivity index (χ1) is 16.7. The number of rotatable bonds is 9. The molecule has 3 aromatic carbocycles. The summed E-state index contributed by atoms with van der Waals surface area (Å²) in [6, 6.07) is 12.6. The molecule has 11 nitrogen and oxygen atoms in total. The van der Waals surface area contributed by atoms with Gasteiger partial charge in [-0.25, -0.2) is 5.43 Å². The van der Waals surface area contributed by atoms with Crippen LogP contribution in [0.2, 0.25) is 5.02 Å². The molecule has 13 heteroatoms. The van der Waals surface area contributed by atoms with Crippen molar-refractivity contribution >= 4 is 51.0 Å². The largest absolute Gasteiger partial charge is 0.490 e. The van der Waals surface area contributed by atoms with Crippen LogP contribution in [0.4, 0.5) is 11.4 Å². The van der Waals surface area contributed by atoms with Crippen molar-refractivity contribution in [2.45, 2.75) is 6.92 Å². The number of carbonyl (C=O) groups is 1. The zero-order chi connectivity index (χ0) is 25.5. The lowest BCUT2D eigenvalue weighted by atomic mass is 10.2. The molecule has 0 saturated carbocycles. The van der Waals surface area contributed by atoms with Crippen LogP contribution in [-0.4, -0.2) is 28.6 Å². The van der Waals surface area contributed by atoms with E-state index in [9.17, 15) is 25.0 Å². The second-order valence-corrected chi connectivity index (χ2v) is 8.03. The van der Waals surface area contributed by atoms with E-state index in [4.69, 9.17) is 21.1 Å². The predicted octanol–water partition coefficient (Wildman–Crippen LogP) is 5.87. The second-order valence-electron chi connectivity index (χ2n) is 6.74. The lowest BCUT2D eigenvalue weighted by Gasteiger charge is -2.14. The van der Waals surface area contributed by atoms with Crippen LogP contribution in [0.25, 0.3) is 0 Å². The highest BCUT2D eigenvalue weighted by molar-refractivity contribution is 9.10. The molecule has 0 radical (unpaired) electrons. The summed E-state index contributed by atoms with van der Waals surface area (Å²) in [7, 11) is 0. The summed E-state index contributed by atoms with van der Waals surface area (Å²) in [4.78, 5) is 33.1. The van der Waals surface area contributed by atoms with Crippen LogP contribution >= 0.6 is 27.5 Å². The topological polar surface area (TPSA) is 146 Å². The number of non-ortho nitro benzene ring substituents is 1. The number of nitro groups is 2. The Kier molecular flexibility index (Phi) is 8.34. The standard InChI is InChI=1S/C22H16BrClN4O7/c1-2-34-20-9-13(12-25-26-22(29)14-4-3-5-15(24)10-14)8-17(23)21(20)35-19-7-6-16(27(30)31)11-18(19)28(32)33/h3-12H,2H2,1H3,(H,26,29)/b25-12-. The molecule has 3 aromatic rings. The number of hydrogen-bond acceptors (Lipinski definition) is 8. The number of nitrogens with zero attached hydrogens (tertiary/aromatic N) is 3. The van der Waals surface area contributed by atoms with Crippen LogP contribution < -0.4 is 14.9 Å². The van der Waals surface area contributed by atoms with Crippen LogP contribution in [0.3, 0.4) is 0 Å². The first kappa shape index (κ1) is 25.6. The lowest BCUT2D eigenvalue weighted by molar-refractivity contribution is -0.394. The van der Waals surface area contributed by atoms with E-state index < -0.39 is 27.1 Å². The molecule has 0 heterocycles. The average Bonchev–Trinajstić information content (AvgIpc) is 2.81. The number of ether oxygens (including phenoxy) is 2. The molecule has 3 rings (SSSR count). The highest BCUT2D eigenvalue weighted by Gasteiger charge is 2.23. The fourth-order valence-corrected chi connectivity index (χ4v) is 3.57. The number of nitro benzene ring substituents is 2. The van der Waals surface area contributed by atoms with Crippen LogP contribution in [0.1, 0.15) is 22.8 Å². The summed E-state index contributed by atoms with van der Waals surface area (Å²) < 4.78 is 11.7. The molecule has 180 valence electrons. The van der Waals surface area contributed by atoms with Gasteiger partial charge in [-0.2, -0.15) is 5.10 Å². The van der Waals surface area contributed by atoms with E-state index in [1.54, 1.807) is 37.3 Å². The first-order valence-corrected chi connectivity index (χ1v) is 11.0. The van der Waals surface area contributed by atoms with Gasteiger partial charge >= 0.3 is 5.69 Å². The number of carbonyl (C=O) groups excluding carboxylic acids is 1. The molecule has 0 aromatic heterocycles. The maximum absolute atomic E-state index is 12.2. The number of halogens is 2. The minimum absolute atomic E-state index is 0.115. The van der Waals surface area contributed by atoms with Gasteiger partial charge in [-0.15, -0.1) is 0 Å². The van der Waals surface area contributed by atoms with Crippen molar-refractivity contribution in [2.75, 3.05) is 6.61 Å². The Morgan fingerprint density at radius 3 is 2.54 bits per heavy atom. The summed E-state index contributed by atoms with van der Waals surface area (Å²) in [6.45, 7) is 1.98. The van der Waals surface area contributed by atoms with Crippen LogP contribution in [0, 0.1) is 20.2 Å². The molecule has 0 saturated heterocycles. The molecule has 0 spiro atoms. The molecule has 0 atom stereocenters. The van der Waals surface area contributed by atoms with E-state index in [2.05, 4.69) is 26.5 Å². The molecular formula is C22H16BrClN4O7. The molecule has 0 aliphatic carbocycles. The lowest BCUT2D eigenvalue weighted by Crippen LogP contribution is -2.17. The summed E-state index contributed by atoms with van der Waals surface area (Å²) in [5.74, 6) is -0.336. The van der Waals surface area contributed by atoms with Gasteiger partial charge in [-0.3, -0.25) is 25.0 Å². The third kappa shape index (κ3) is 6.52. The van der Waals surface area contributed by atoms with Crippen molar-refractivity contribution in [3.05, 3.63) is 95.4 Å². The number of hydrazone groups is 1. The fraction of sp³-hybridized carbons (Fsp3) is 0.0909. The maximum Gasteiger partial charge on any atom is 0.318 e. The highest BCUT2D eigenvalue weighted by atomic mass is 79.9. The van der Waals surface area contributed by atoms with Crippen LogP contribution in [0.15, 0.2) is 64.2 Å². The first-order valence-electron chi connectivity index (χ1n) is 9.85. The van der Waals surface area contributed by atoms with Gasteiger partial charge < -0.3 is 9.47 Å². The van der Waals surface area contributed by atoms with E-state index in [-0.39, 0.29) is 23.9 Å². The quantitative estimate of drug-likeness (QED) is 0.194. The number of benzene rings is 3. The van der Waals surface area contributed by atoms with E-state index in [1.807, 2.05) is 0 Å². The van der Waals surface area contributed by atoms with Crippen molar-refractivity contribution in [1.82, 2.24) is 5.43 Å². The fourth-order valence-electron chi connectivity index (χ4n) is 2.84. The smallest absolute Gasteiger partial charge is 0.318 e.